The number of anilines is 3. The minimum Gasteiger partial charge on any atom is -0.490 e. The van der Waals surface area contributed by atoms with Crippen molar-refractivity contribution in [2.24, 2.45) is 17.6 Å². The van der Waals surface area contributed by atoms with Crippen LogP contribution >= 0.6 is 0 Å². The Labute approximate surface area is 341 Å². The van der Waals surface area contributed by atoms with Crippen molar-refractivity contribution in [1.82, 2.24) is 20.2 Å². The number of rotatable bonds is 14. The Morgan fingerprint density at radius 3 is 2.29 bits per heavy atom. The number of nitrogens with one attached hydrogen (secondary N) is 2. The normalized spacial score (nSPS) is 19.7. The quantitative estimate of drug-likeness (QED) is 0.108. The van der Waals surface area contributed by atoms with Crippen LogP contribution in [0, 0.1) is 11.8 Å². The van der Waals surface area contributed by atoms with Crippen molar-refractivity contribution in [3.63, 3.8) is 0 Å². The summed E-state index contributed by atoms with van der Waals surface area (Å²) in [7, 11) is 0. The van der Waals surface area contributed by atoms with Gasteiger partial charge in [0.1, 0.15) is 23.9 Å². The summed E-state index contributed by atoms with van der Waals surface area (Å²) >= 11 is 0. The second kappa shape index (κ2) is 18.3. The summed E-state index contributed by atoms with van der Waals surface area (Å²) < 4.78 is 34.0. The number of nitrogens with zero attached hydrogens (tertiary/aromatic N) is 4. The fraction of sp³-hybridized carbons (Fsp3) is 0.478. The number of nitrogens with two attached hydrogens (primary N) is 1. The van der Waals surface area contributed by atoms with E-state index in [4.69, 9.17) is 10.5 Å². The molecule has 4 N–H and O–H groups in total. The highest BCUT2D eigenvalue weighted by molar-refractivity contribution is 6.01. The second-order valence-electron chi connectivity index (χ2n) is 17.2. The van der Waals surface area contributed by atoms with E-state index < -0.39 is 17.7 Å². The lowest BCUT2D eigenvalue weighted by atomic mass is 9.88. The lowest BCUT2D eigenvalue weighted by Crippen LogP contribution is -2.43. The highest BCUT2D eigenvalue weighted by Crippen LogP contribution is 2.34. The summed E-state index contributed by atoms with van der Waals surface area (Å²) in [4.78, 5) is 37.7. The molecule has 2 aromatic carbocycles. The first-order chi connectivity index (χ1) is 27.9. The van der Waals surface area contributed by atoms with Crippen LogP contribution in [0.5, 0.6) is 5.75 Å². The van der Waals surface area contributed by atoms with Crippen LogP contribution in [0.25, 0.3) is 11.3 Å². The lowest BCUT2D eigenvalue weighted by molar-refractivity contribution is -0.134. The van der Waals surface area contributed by atoms with E-state index in [1.807, 2.05) is 25.1 Å². The molecule has 308 valence electrons. The predicted molar refractivity (Wildman–Crippen MR) is 225 cm³/mol. The molecule has 7 rings (SSSR count). The van der Waals surface area contributed by atoms with E-state index in [1.165, 1.54) is 24.1 Å². The average Bonchev–Trinajstić information content (AvgIpc) is 3.21. The third-order valence-electron chi connectivity index (χ3n) is 11.9. The first-order valence-electron chi connectivity index (χ1n) is 20.8. The van der Waals surface area contributed by atoms with Crippen LogP contribution in [0.1, 0.15) is 101 Å². The van der Waals surface area contributed by atoms with Crippen LogP contribution in [0.3, 0.4) is 0 Å². The maximum Gasteiger partial charge on any atom is 0.284 e. The van der Waals surface area contributed by atoms with Gasteiger partial charge in [0, 0.05) is 54.7 Å². The zero-order chi connectivity index (χ0) is 40.8. The fourth-order valence-corrected chi connectivity index (χ4v) is 8.90. The molecule has 2 atom stereocenters. The number of imide groups is 1. The van der Waals surface area contributed by atoms with Gasteiger partial charge in [-0.3, -0.25) is 14.9 Å². The van der Waals surface area contributed by atoms with Gasteiger partial charge >= 0.3 is 0 Å². The molecule has 2 amide bonds. The number of benzene rings is 2. The van der Waals surface area contributed by atoms with Gasteiger partial charge in [-0.15, -0.1) is 0 Å². The predicted octanol–water partition coefficient (Wildman–Crippen LogP) is 8.58. The molecule has 0 radical (unpaired) electrons. The molecule has 4 aromatic rings. The minimum absolute atomic E-state index is 0.0452. The van der Waals surface area contributed by atoms with Crippen LogP contribution in [0.15, 0.2) is 79.0 Å². The van der Waals surface area contributed by atoms with Crippen LogP contribution < -0.4 is 26.0 Å². The zero-order valence-electron chi connectivity index (χ0n) is 33.9. The number of hydrogen-bond acceptors (Lipinski definition) is 9. The standard InChI is InChI=1S/C46H57F2N7O3/c1-30(2)27-46(3,49)29-58-40-14-13-39(52-43(40)44(47)48)35-16-21-50-41(26-35)51-36-8-4-32(5-9-36)33-19-22-54(23-20-33)28-31-17-24-55(25-18-31)37-10-6-34(7-11-37)38-12-15-42(56)53-45(38)57/h4-11,13-14,16,21,26,30-31,33,38,44H,12,15,17-20,22-25,27-29,49H2,1-3H3,(H,50,51)(H,53,56,57)/t38?,46-/m0/s1. The molecule has 1 unspecified atom stereocenters. The first kappa shape index (κ1) is 41.2. The lowest BCUT2D eigenvalue weighted by Gasteiger charge is -2.38. The van der Waals surface area contributed by atoms with Gasteiger partial charge in [0.25, 0.3) is 6.43 Å². The van der Waals surface area contributed by atoms with Gasteiger partial charge in [0.05, 0.1) is 11.6 Å². The van der Waals surface area contributed by atoms with E-state index >= 15 is 0 Å². The molecule has 0 spiro atoms. The van der Waals surface area contributed by atoms with Gasteiger partial charge in [0.15, 0.2) is 0 Å². The summed E-state index contributed by atoms with van der Waals surface area (Å²) in [6.45, 7) is 11.5. The Morgan fingerprint density at radius 2 is 1.62 bits per heavy atom. The van der Waals surface area contributed by atoms with Gasteiger partial charge in [-0.25, -0.2) is 18.7 Å². The molecule has 3 fully saturated rings. The third-order valence-corrected chi connectivity index (χ3v) is 11.9. The smallest absolute Gasteiger partial charge is 0.284 e. The van der Waals surface area contributed by atoms with Gasteiger partial charge < -0.3 is 25.6 Å². The molecule has 0 bridgehead atoms. The Hall–Kier alpha value is -4.94. The highest BCUT2D eigenvalue weighted by Gasteiger charge is 2.29. The number of ether oxygens (including phenoxy) is 1. The third kappa shape index (κ3) is 10.6. The van der Waals surface area contributed by atoms with Gasteiger partial charge in [-0.1, -0.05) is 38.1 Å². The maximum atomic E-state index is 14.1. The number of halogens is 2. The average molecular weight is 794 g/mol. The zero-order valence-corrected chi connectivity index (χ0v) is 33.9. The van der Waals surface area contributed by atoms with Crippen molar-refractivity contribution in [2.45, 2.75) is 89.5 Å². The largest absolute Gasteiger partial charge is 0.490 e. The summed E-state index contributed by atoms with van der Waals surface area (Å²) in [5.74, 6) is 1.59. The number of aromatic nitrogens is 2. The number of carbonyl (C=O) groups is 2. The van der Waals surface area contributed by atoms with E-state index in [0.717, 1.165) is 56.8 Å². The van der Waals surface area contributed by atoms with Crippen molar-refractivity contribution < 1.29 is 23.1 Å². The molecular formula is C46H57F2N7O3. The molecular weight excluding hydrogens is 737 g/mol. The highest BCUT2D eigenvalue weighted by atomic mass is 19.3. The molecule has 58 heavy (non-hydrogen) atoms. The molecule has 12 heteroatoms. The van der Waals surface area contributed by atoms with Crippen LogP contribution in [0.4, 0.5) is 26.0 Å². The summed E-state index contributed by atoms with van der Waals surface area (Å²) in [5, 5.41) is 5.83. The Balaban J connectivity index is 0.864. The summed E-state index contributed by atoms with van der Waals surface area (Å²) in [6, 6.07) is 23.7. The van der Waals surface area contributed by atoms with Gasteiger partial charge in [0.2, 0.25) is 11.8 Å². The van der Waals surface area contributed by atoms with Gasteiger partial charge in [-0.05, 0) is 136 Å². The van der Waals surface area contributed by atoms with Crippen molar-refractivity contribution in [3.05, 3.63) is 95.8 Å². The number of alkyl halides is 2. The summed E-state index contributed by atoms with van der Waals surface area (Å²) in [6.07, 6.45) is 5.13. The number of carbonyl (C=O) groups excluding carboxylic acids is 2. The molecule has 0 saturated carbocycles. The van der Waals surface area contributed by atoms with E-state index in [9.17, 15) is 18.4 Å². The van der Waals surface area contributed by atoms with Crippen LogP contribution in [-0.4, -0.2) is 71.6 Å². The molecule has 10 nitrogen and oxygen atoms in total. The van der Waals surface area contributed by atoms with Crippen molar-refractivity contribution in [2.75, 3.05) is 49.5 Å². The first-order valence-corrected chi connectivity index (χ1v) is 20.8. The fourth-order valence-electron chi connectivity index (χ4n) is 8.90. The van der Waals surface area contributed by atoms with Crippen LogP contribution in [-0.2, 0) is 9.59 Å². The summed E-state index contributed by atoms with van der Waals surface area (Å²) in [5.41, 5.74) is 10.8. The Kier molecular flexibility index (Phi) is 13.0. The SMILES string of the molecule is CC(C)C[C@](C)(N)COc1ccc(-c2ccnc(Nc3ccc(C4CCN(CC5CCN(c6ccc(C7CCC(=O)NC7=O)cc6)CC5)CC4)cc3)c2)nc1C(F)F. The molecule has 3 aliphatic heterocycles. The van der Waals surface area contributed by atoms with Gasteiger partial charge in [-0.2, -0.15) is 0 Å². The maximum absolute atomic E-state index is 14.1. The van der Waals surface area contributed by atoms with E-state index in [2.05, 4.69) is 80.6 Å². The van der Waals surface area contributed by atoms with Crippen molar-refractivity contribution in [1.29, 1.82) is 0 Å². The Bertz CT molecular complexity index is 2010. The Morgan fingerprint density at radius 1 is 0.914 bits per heavy atom. The van der Waals surface area contributed by atoms with Crippen LogP contribution in [0.2, 0.25) is 0 Å². The molecule has 0 aliphatic carbocycles. The molecule has 3 saturated heterocycles. The number of hydrogen-bond donors (Lipinski definition) is 3. The van der Waals surface area contributed by atoms with Crippen molar-refractivity contribution in [3.8, 4) is 17.0 Å². The minimum atomic E-state index is -2.80. The van der Waals surface area contributed by atoms with E-state index in [0.29, 0.717) is 54.1 Å². The van der Waals surface area contributed by atoms with Crippen molar-refractivity contribution >= 4 is 29.0 Å². The second-order valence-corrected chi connectivity index (χ2v) is 17.2. The molecule has 5 heterocycles. The number of amides is 2. The number of pyridine rings is 2. The number of piperidine rings is 3. The van der Waals surface area contributed by atoms with E-state index in [1.54, 1.807) is 24.4 Å². The number of likely N-dealkylation sites (tertiary alicyclic amines) is 1. The molecule has 3 aliphatic rings. The monoisotopic (exact) mass is 793 g/mol. The topological polar surface area (TPSA) is 126 Å². The van der Waals surface area contributed by atoms with E-state index in [-0.39, 0.29) is 30.1 Å². The molecule has 2 aromatic heterocycles.